The van der Waals surface area contributed by atoms with E-state index in [1.54, 1.807) is 13.2 Å². The number of nitrogens with zero attached hydrogens (tertiary/aromatic N) is 4. The van der Waals surface area contributed by atoms with Crippen LogP contribution in [-0.4, -0.2) is 48.5 Å². The van der Waals surface area contributed by atoms with Crippen molar-refractivity contribution in [1.29, 1.82) is 0 Å². The SMILES string of the molecule is COc1cccc(C(=O)N2CCCC2c2nc(N(C)C)ncc2-c2cccc(Cl)c2)c1. The Labute approximate surface area is 187 Å². The number of benzene rings is 2. The molecule has 1 atom stereocenters. The molecule has 1 aliphatic heterocycles. The van der Waals surface area contributed by atoms with Gasteiger partial charge in [-0.2, -0.15) is 0 Å². The molecule has 0 saturated carbocycles. The summed E-state index contributed by atoms with van der Waals surface area (Å²) in [6.07, 6.45) is 3.58. The molecule has 1 amide bonds. The summed E-state index contributed by atoms with van der Waals surface area (Å²) in [4.78, 5) is 26.6. The lowest BCUT2D eigenvalue weighted by Gasteiger charge is -2.27. The highest BCUT2D eigenvalue weighted by Gasteiger charge is 2.34. The van der Waals surface area contributed by atoms with Gasteiger partial charge < -0.3 is 14.5 Å². The lowest BCUT2D eigenvalue weighted by atomic mass is 9.99. The smallest absolute Gasteiger partial charge is 0.254 e. The van der Waals surface area contributed by atoms with Crippen molar-refractivity contribution in [3.05, 3.63) is 71.0 Å². The van der Waals surface area contributed by atoms with Crippen molar-refractivity contribution in [1.82, 2.24) is 14.9 Å². The molecule has 1 saturated heterocycles. The highest BCUT2D eigenvalue weighted by Crippen LogP contribution is 2.38. The van der Waals surface area contributed by atoms with Crippen LogP contribution in [0.15, 0.2) is 54.7 Å². The standard InChI is InChI=1S/C24H25ClN4O2/c1-28(2)24-26-15-20(16-7-4-9-18(25)13-16)22(27-24)21-11-6-12-29(21)23(30)17-8-5-10-19(14-17)31-3/h4-5,7-10,13-15,21H,6,11-12H2,1-3H3. The number of rotatable bonds is 5. The minimum absolute atomic E-state index is 0.0246. The Morgan fingerprint density at radius 2 is 2.00 bits per heavy atom. The molecule has 0 radical (unpaired) electrons. The minimum Gasteiger partial charge on any atom is -0.497 e. The minimum atomic E-state index is -0.144. The molecule has 1 unspecified atom stereocenters. The van der Waals surface area contributed by atoms with E-state index >= 15 is 0 Å². The molecule has 2 aromatic carbocycles. The monoisotopic (exact) mass is 436 g/mol. The van der Waals surface area contributed by atoms with E-state index in [1.165, 1.54) is 0 Å². The third kappa shape index (κ3) is 4.35. The van der Waals surface area contributed by atoms with Crippen LogP contribution in [0.1, 0.15) is 34.9 Å². The Balaban J connectivity index is 1.77. The summed E-state index contributed by atoms with van der Waals surface area (Å²) in [7, 11) is 5.42. The maximum Gasteiger partial charge on any atom is 0.254 e. The van der Waals surface area contributed by atoms with Crippen LogP contribution in [-0.2, 0) is 0 Å². The maximum atomic E-state index is 13.4. The van der Waals surface area contributed by atoms with Crippen molar-refractivity contribution >= 4 is 23.5 Å². The zero-order chi connectivity index (χ0) is 22.0. The van der Waals surface area contributed by atoms with Gasteiger partial charge in [0.2, 0.25) is 5.95 Å². The molecule has 1 aromatic heterocycles. The molecule has 3 aromatic rings. The fourth-order valence-corrected chi connectivity index (χ4v) is 4.14. The summed E-state index contributed by atoms with van der Waals surface area (Å²) < 4.78 is 5.30. The molecule has 7 heteroatoms. The Kier molecular flexibility index (Phi) is 6.09. The third-order valence-electron chi connectivity index (χ3n) is 5.49. The summed E-state index contributed by atoms with van der Waals surface area (Å²) >= 11 is 6.25. The number of carbonyl (C=O) groups is 1. The van der Waals surface area contributed by atoms with Crippen LogP contribution < -0.4 is 9.64 Å². The van der Waals surface area contributed by atoms with Gasteiger partial charge in [0.25, 0.3) is 5.91 Å². The zero-order valence-electron chi connectivity index (χ0n) is 17.9. The van der Waals surface area contributed by atoms with E-state index in [9.17, 15) is 4.79 Å². The summed E-state index contributed by atoms with van der Waals surface area (Å²) in [5.74, 6) is 1.25. The van der Waals surface area contributed by atoms with Gasteiger partial charge in [0.15, 0.2) is 0 Å². The summed E-state index contributed by atoms with van der Waals surface area (Å²) in [6, 6.07) is 14.8. The highest BCUT2D eigenvalue weighted by molar-refractivity contribution is 6.30. The predicted octanol–water partition coefficient (Wildman–Crippen LogP) is 4.85. The fourth-order valence-electron chi connectivity index (χ4n) is 3.95. The molecule has 1 aliphatic rings. The number of halogens is 1. The molecule has 2 heterocycles. The van der Waals surface area contributed by atoms with Crippen LogP contribution in [0.2, 0.25) is 5.02 Å². The number of hydrogen-bond donors (Lipinski definition) is 0. The Morgan fingerprint density at radius 3 is 2.74 bits per heavy atom. The van der Waals surface area contributed by atoms with Crippen LogP contribution in [0.3, 0.4) is 0 Å². The molecule has 160 valence electrons. The van der Waals surface area contributed by atoms with Crippen molar-refractivity contribution in [2.45, 2.75) is 18.9 Å². The molecule has 1 fully saturated rings. The van der Waals surface area contributed by atoms with E-state index in [-0.39, 0.29) is 11.9 Å². The predicted molar refractivity (Wildman–Crippen MR) is 123 cm³/mol. The van der Waals surface area contributed by atoms with E-state index in [2.05, 4.69) is 4.98 Å². The van der Waals surface area contributed by atoms with Crippen LogP contribution in [0.5, 0.6) is 5.75 Å². The van der Waals surface area contributed by atoms with Gasteiger partial charge in [-0.05, 0) is 48.7 Å². The molecule has 0 bridgehead atoms. The molecular weight excluding hydrogens is 412 g/mol. The molecule has 0 aliphatic carbocycles. The van der Waals surface area contributed by atoms with Gasteiger partial charge in [-0.1, -0.05) is 29.8 Å². The Bertz CT molecular complexity index is 1100. The van der Waals surface area contributed by atoms with E-state index in [4.69, 9.17) is 21.3 Å². The molecule has 0 spiro atoms. The number of methoxy groups -OCH3 is 1. The number of anilines is 1. The van der Waals surface area contributed by atoms with Crippen molar-refractivity contribution in [3.63, 3.8) is 0 Å². The first kappa shape index (κ1) is 21.1. The quantitative estimate of drug-likeness (QED) is 0.572. The molecule has 0 N–H and O–H groups in total. The molecular formula is C24H25ClN4O2. The second kappa shape index (κ2) is 8.94. The van der Waals surface area contributed by atoms with Gasteiger partial charge in [0.1, 0.15) is 5.75 Å². The third-order valence-corrected chi connectivity index (χ3v) is 5.72. The van der Waals surface area contributed by atoms with E-state index in [0.29, 0.717) is 28.8 Å². The van der Waals surface area contributed by atoms with Crippen LogP contribution in [0.4, 0.5) is 5.95 Å². The lowest BCUT2D eigenvalue weighted by molar-refractivity contribution is 0.0733. The van der Waals surface area contributed by atoms with E-state index in [1.807, 2.05) is 72.6 Å². The number of hydrogen-bond acceptors (Lipinski definition) is 5. The molecule has 31 heavy (non-hydrogen) atoms. The van der Waals surface area contributed by atoms with Gasteiger partial charge in [-0.15, -0.1) is 0 Å². The first-order valence-electron chi connectivity index (χ1n) is 10.2. The van der Waals surface area contributed by atoms with Crippen LogP contribution >= 0.6 is 11.6 Å². The second-order valence-electron chi connectivity index (χ2n) is 7.76. The maximum absolute atomic E-state index is 13.4. The number of aromatic nitrogens is 2. The van der Waals surface area contributed by atoms with Crippen molar-refractivity contribution in [3.8, 4) is 16.9 Å². The van der Waals surface area contributed by atoms with Crippen molar-refractivity contribution < 1.29 is 9.53 Å². The number of likely N-dealkylation sites (tertiary alicyclic amines) is 1. The molecule has 6 nitrogen and oxygen atoms in total. The van der Waals surface area contributed by atoms with Crippen LogP contribution in [0.25, 0.3) is 11.1 Å². The summed E-state index contributed by atoms with van der Waals surface area (Å²) in [5, 5.41) is 0.649. The normalized spacial score (nSPS) is 15.7. The van der Waals surface area contributed by atoms with Gasteiger partial charge >= 0.3 is 0 Å². The lowest BCUT2D eigenvalue weighted by Crippen LogP contribution is -2.31. The first-order chi connectivity index (χ1) is 15.0. The van der Waals surface area contributed by atoms with Crippen molar-refractivity contribution in [2.75, 3.05) is 32.6 Å². The van der Waals surface area contributed by atoms with Crippen molar-refractivity contribution in [2.24, 2.45) is 0 Å². The highest BCUT2D eigenvalue weighted by atomic mass is 35.5. The van der Waals surface area contributed by atoms with Gasteiger partial charge in [-0.3, -0.25) is 4.79 Å². The fraction of sp³-hybridized carbons (Fsp3) is 0.292. The number of ether oxygens (including phenoxy) is 1. The average Bonchev–Trinajstić information content (AvgIpc) is 3.28. The Hall–Kier alpha value is -3.12. The van der Waals surface area contributed by atoms with Crippen LogP contribution in [0, 0.1) is 0 Å². The zero-order valence-corrected chi connectivity index (χ0v) is 18.6. The van der Waals surface area contributed by atoms with E-state index < -0.39 is 0 Å². The first-order valence-corrected chi connectivity index (χ1v) is 10.6. The average molecular weight is 437 g/mol. The van der Waals surface area contributed by atoms with Gasteiger partial charge in [0, 0.05) is 43.0 Å². The molecule has 4 rings (SSSR count). The summed E-state index contributed by atoms with van der Waals surface area (Å²) in [5.41, 5.74) is 3.28. The number of amides is 1. The second-order valence-corrected chi connectivity index (χ2v) is 8.20. The topological polar surface area (TPSA) is 58.6 Å². The van der Waals surface area contributed by atoms with Gasteiger partial charge in [0.05, 0.1) is 18.8 Å². The van der Waals surface area contributed by atoms with Gasteiger partial charge in [-0.25, -0.2) is 9.97 Å². The largest absolute Gasteiger partial charge is 0.497 e. The Morgan fingerprint density at radius 1 is 1.19 bits per heavy atom. The number of carbonyl (C=O) groups excluding carboxylic acids is 1. The summed E-state index contributed by atoms with van der Waals surface area (Å²) in [6.45, 7) is 0.678. The van der Waals surface area contributed by atoms with E-state index in [0.717, 1.165) is 29.7 Å².